The van der Waals surface area contributed by atoms with Crippen molar-refractivity contribution in [3.63, 3.8) is 0 Å². The number of carboxylic acids is 1. The zero-order valence-electron chi connectivity index (χ0n) is 14.5. The van der Waals surface area contributed by atoms with Gasteiger partial charge in [0.15, 0.2) is 0 Å². The van der Waals surface area contributed by atoms with Gasteiger partial charge in [0.1, 0.15) is 0 Å². The molecule has 8 heteroatoms. The van der Waals surface area contributed by atoms with Crippen LogP contribution in [0.5, 0.6) is 0 Å². The van der Waals surface area contributed by atoms with E-state index in [1.807, 2.05) is 0 Å². The zero-order chi connectivity index (χ0) is 18.4. The number of aliphatic hydroxyl groups excluding tert-OH is 1. The van der Waals surface area contributed by atoms with E-state index in [9.17, 15) is 9.90 Å². The van der Waals surface area contributed by atoms with Gasteiger partial charge in [-0.15, -0.1) is 0 Å². The van der Waals surface area contributed by atoms with E-state index in [0.29, 0.717) is 17.3 Å². The number of β-amino-alcohol motifs (C(OH)–C–C–N with tert-alkyl or cyclic N) is 1. The number of anilines is 1. The summed E-state index contributed by atoms with van der Waals surface area (Å²) >= 11 is 0. The van der Waals surface area contributed by atoms with Gasteiger partial charge in [0.2, 0.25) is 5.95 Å². The van der Waals surface area contributed by atoms with Crippen LogP contribution in [0.4, 0.5) is 5.95 Å². The van der Waals surface area contributed by atoms with Gasteiger partial charge < -0.3 is 20.4 Å². The van der Waals surface area contributed by atoms with Gasteiger partial charge in [0.05, 0.1) is 23.1 Å². The van der Waals surface area contributed by atoms with Crippen LogP contribution in [0.2, 0.25) is 0 Å². The number of rotatable bonds is 7. The molecule has 138 valence electrons. The van der Waals surface area contributed by atoms with Gasteiger partial charge in [-0.25, -0.2) is 14.8 Å². The van der Waals surface area contributed by atoms with Crippen molar-refractivity contribution in [2.45, 2.75) is 25.4 Å². The number of nitrogens with one attached hydrogen (secondary N) is 1. The number of likely N-dealkylation sites (tertiary alicyclic amines) is 1. The lowest BCUT2D eigenvalue weighted by Crippen LogP contribution is -2.39. The number of aliphatic hydroxyl groups is 1. The lowest BCUT2D eigenvalue weighted by molar-refractivity contribution is 0.0695. The van der Waals surface area contributed by atoms with Crippen LogP contribution in [0.25, 0.3) is 11.4 Å². The molecule has 0 amide bonds. The zero-order valence-corrected chi connectivity index (χ0v) is 14.5. The molecular formula is C18H23N5O3. The second-order valence-electron chi connectivity index (χ2n) is 6.38. The van der Waals surface area contributed by atoms with Crippen LogP contribution in [0, 0.1) is 0 Å². The average Bonchev–Trinajstić information content (AvgIpc) is 2.66. The second kappa shape index (κ2) is 8.68. The number of pyridine rings is 1. The maximum absolute atomic E-state index is 11.1. The molecule has 0 radical (unpaired) electrons. The standard InChI is InChI=1S/C18H23N5O3/c24-14-3-1-9-23(12-14)10-2-6-20-18-21-8-5-15(22-18)16-11-13(17(25)26)4-7-19-16/h4-5,7-8,11,14,24H,1-3,6,9-10,12H2,(H,25,26)(H,20,21,22). The van der Waals surface area contributed by atoms with Crippen molar-refractivity contribution in [1.29, 1.82) is 0 Å². The first-order valence-corrected chi connectivity index (χ1v) is 8.79. The average molecular weight is 357 g/mol. The fourth-order valence-electron chi connectivity index (χ4n) is 3.03. The highest BCUT2D eigenvalue weighted by atomic mass is 16.4. The SMILES string of the molecule is O=C(O)c1ccnc(-c2ccnc(NCCCN3CCCC(O)C3)n2)c1. The fourth-order valence-corrected chi connectivity index (χ4v) is 3.03. The highest BCUT2D eigenvalue weighted by Gasteiger charge is 2.16. The molecule has 3 heterocycles. The molecule has 0 spiro atoms. The lowest BCUT2D eigenvalue weighted by atomic mass is 10.1. The first kappa shape index (κ1) is 18.2. The molecule has 8 nitrogen and oxygen atoms in total. The molecule has 2 aromatic rings. The molecule has 3 N–H and O–H groups in total. The van der Waals surface area contributed by atoms with Crippen molar-refractivity contribution in [3.8, 4) is 11.4 Å². The van der Waals surface area contributed by atoms with Gasteiger partial charge in [-0.1, -0.05) is 0 Å². The number of piperidine rings is 1. The third-order valence-electron chi connectivity index (χ3n) is 4.34. The van der Waals surface area contributed by atoms with Gasteiger partial charge in [-0.05, 0) is 50.6 Å². The summed E-state index contributed by atoms with van der Waals surface area (Å²) in [5.41, 5.74) is 1.24. The molecular weight excluding hydrogens is 334 g/mol. The predicted octanol–water partition coefficient (Wildman–Crippen LogP) is 1.50. The van der Waals surface area contributed by atoms with Gasteiger partial charge in [-0.2, -0.15) is 0 Å². The quantitative estimate of drug-likeness (QED) is 0.639. The van der Waals surface area contributed by atoms with Crippen LogP contribution in [0.15, 0.2) is 30.6 Å². The summed E-state index contributed by atoms with van der Waals surface area (Å²) in [6, 6.07) is 4.65. The van der Waals surface area contributed by atoms with E-state index in [1.54, 1.807) is 12.3 Å². The van der Waals surface area contributed by atoms with Crippen molar-refractivity contribution < 1.29 is 15.0 Å². The summed E-state index contributed by atoms with van der Waals surface area (Å²) in [7, 11) is 0. The Bertz CT molecular complexity index is 755. The molecule has 1 atom stereocenters. The molecule has 0 aliphatic carbocycles. The van der Waals surface area contributed by atoms with Crippen molar-refractivity contribution in [1.82, 2.24) is 19.9 Å². The smallest absolute Gasteiger partial charge is 0.335 e. The van der Waals surface area contributed by atoms with E-state index in [0.717, 1.165) is 45.4 Å². The van der Waals surface area contributed by atoms with E-state index in [1.165, 1.54) is 18.3 Å². The van der Waals surface area contributed by atoms with Crippen molar-refractivity contribution in [2.24, 2.45) is 0 Å². The van der Waals surface area contributed by atoms with Crippen molar-refractivity contribution in [3.05, 3.63) is 36.2 Å². The monoisotopic (exact) mass is 357 g/mol. The number of carboxylic acid groups (broad SMARTS) is 1. The summed E-state index contributed by atoms with van der Waals surface area (Å²) in [4.78, 5) is 26.1. The Morgan fingerprint density at radius 2 is 2.12 bits per heavy atom. The highest BCUT2D eigenvalue weighted by Crippen LogP contribution is 2.16. The Labute approximate surface area is 151 Å². The number of hydrogen-bond acceptors (Lipinski definition) is 7. The van der Waals surface area contributed by atoms with Gasteiger partial charge in [0, 0.05) is 25.5 Å². The minimum Gasteiger partial charge on any atom is -0.478 e. The molecule has 1 aliphatic heterocycles. The maximum Gasteiger partial charge on any atom is 0.335 e. The molecule has 2 aromatic heterocycles. The molecule has 1 fully saturated rings. The Balaban J connectivity index is 1.54. The van der Waals surface area contributed by atoms with E-state index < -0.39 is 5.97 Å². The molecule has 3 rings (SSSR count). The minimum absolute atomic E-state index is 0.173. The Hall–Kier alpha value is -2.58. The van der Waals surface area contributed by atoms with Gasteiger partial charge in [-0.3, -0.25) is 4.98 Å². The molecule has 1 unspecified atom stereocenters. The maximum atomic E-state index is 11.1. The van der Waals surface area contributed by atoms with E-state index >= 15 is 0 Å². The lowest BCUT2D eigenvalue weighted by Gasteiger charge is -2.29. The molecule has 0 bridgehead atoms. The summed E-state index contributed by atoms with van der Waals surface area (Å²) < 4.78 is 0. The number of carbonyl (C=O) groups is 1. The van der Waals surface area contributed by atoms with E-state index in [-0.39, 0.29) is 11.7 Å². The number of nitrogens with zero attached hydrogens (tertiary/aromatic N) is 4. The van der Waals surface area contributed by atoms with Gasteiger partial charge >= 0.3 is 5.97 Å². The molecule has 1 aliphatic rings. The third-order valence-corrected chi connectivity index (χ3v) is 4.34. The van der Waals surface area contributed by atoms with Crippen LogP contribution in [-0.4, -0.2) is 68.3 Å². The molecule has 26 heavy (non-hydrogen) atoms. The predicted molar refractivity (Wildman–Crippen MR) is 97.0 cm³/mol. The highest BCUT2D eigenvalue weighted by molar-refractivity contribution is 5.88. The van der Waals surface area contributed by atoms with Crippen LogP contribution in [-0.2, 0) is 0 Å². The summed E-state index contributed by atoms with van der Waals surface area (Å²) in [5, 5.41) is 22.0. The fraction of sp³-hybridized carbons (Fsp3) is 0.444. The first-order chi connectivity index (χ1) is 12.6. The Kier molecular flexibility index (Phi) is 6.08. The summed E-state index contributed by atoms with van der Waals surface area (Å²) in [6.45, 7) is 3.43. The topological polar surface area (TPSA) is 111 Å². The third kappa shape index (κ3) is 4.96. The van der Waals surface area contributed by atoms with Crippen molar-refractivity contribution in [2.75, 3.05) is 31.5 Å². The summed E-state index contributed by atoms with van der Waals surface area (Å²) in [5.74, 6) is -0.507. The number of aromatic carboxylic acids is 1. The molecule has 0 aromatic carbocycles. The van der Waals surface area contributed by atoms with Crippen LogP contribution >= 0.6 is 0 Å². The van der Waals surface area contributed by atoms with Gasteiger partial charge in [0.25, 0.3) is 0 Å². The van der Waals surface area contributed by atoms with E-state index in [2.05, 4.69) is 25.2 Å². The normalized spacial score (nSPS) is 17.8. The number of hydrogen-bond donors (Lipinski definition) is 3. The molecule has 1 saturated heterocycles. The van der Waals surface area contributed by atoms with Crippen LogP contribution in [0.3, 0.4) is 0 Å². The number of aromatic nitrogens is 3. The Morgan fingerprint density at radius 3 is 2.92 bits per heavy atom. The van der Waals surface area contributed by atoms with Crippen LogP contribution in [0.1, 0.15) is 29.6 Å². The largest absolute Gasteiger partial charge is 0.478 e. The summed E-state index contributed by atoms with van der Waals surface area (Å²) in [6.07, 6.45) is 5.74. The second-order valence-corrected chi connectivity index (χ2v) is 6.38. The first-order valence-electron chi connectivity index (χ1n) is 8.79. The van der Waals surface area contributed by atoms with Crippen LogP contribution < -0.4 is 5.32 Å². The molecule has 0 saturated carbocycles. The van der Waals surface area contributed by atoms with E-state index in [4.69, 9.17) is 5.11 Å². The Morgan fingerprint density at radius 1 is 1.27 bits per heavy atom. The minimum atomic E-state index is -0.996. The van der Waals surface area contributed by atoms with Crippen molar-refractivity contribution >= 4 is 11.9 Å².